The number of hydrogen-bond acceptors (Lipinski definition) is 11. The summed E-state index contributed by atoms with van der Waals surface area (Å²) in [4.78, 5) is 0. The third kappa shape index (κ3) is 5.46. The van der Waals surface area contributed by atoms with E-state index in [1.165, 1.54) is 0 Å². The maximum Gasteiger partial charge on any atom is 0.186 e. The van der Waals surface area contributed by atoms with Gasteiger partial charge in [-0.3, -0.25) is 0 Å². The van der Waals surface area contributed by atoms with Crippen LogP contribution in [0.2, 0.25) is 0 Å². The van der Waals surface area contributed by atoms with Crippen molar-refractivity contribution in [2.24, 2.45) is 5.92 Å². The molecule has 0 amide bonds. The lowest BCUT2D eigenvalue weighted by Gasteiger charge is -2.44. The largest absolute Gasteiger partial charge is 0.394 e. The molecular weight excluding hydrogens is 483 g/mol. The Bertz CT molecular complexity index is 442. The van der Waals surface area contributed by atoms with E-state index in [1.807, 2.05) is 22.6 Å². The first kappa shape index (κ1) is 23.6. The second-order valence-electron chi connectivity index (χ2n) is 6.45. The average molecular weight is 510 g/mol. The third-order valence-corrected chi connectivity index (χ3v) is 6.22. The number of halogens is 1. The van der Waals surface area contributed by atoms with Crippen molar-refractivity contribution in [1.29, 1.82) is 0 Å². The lowest BCUT2D eigenvalue weighted by atomic mass is 9.90. The van der Waals surface area contributed by atoms with Gasteiger partial charge >= 0.3 is 0 Å². The summed E-state index contributed by atoms with van der Waals surface area (Å²) in [5.74, 6) is -0.891. The molecule has 0 unspecified atom stereocenters. The summed E-state index contributed by atoms with van der Waals surface area (Å²) >= 11 is 1.92. The molecule has 10 atom stereocenters. The lowest BCUT2D eigenvalue weighted by Crippen LogP contribution is -2.60. The van der Waals surface area contributed by atoms with Crippen molar-refractivity contribution in [3.05, 3.63) is 0 Å². The van der Waals surface area contributed by atoms with Gasteiger partial charge in [0.15, 0.2) is 12.6 Å². The van der Waals surface area contributed by atoms with Crippen LogP contribution >= 0.6 is 22.6 Å². The standard InChI is InChI=1S/C15H27IO11/c16-9-8(4-19)27-15(13(11(9)21)24-2-1-17)25-5-6-7(3-18)26-14(23)12(22)10(6)20/h6-15,17-23H,1-5H2/t6-,7-,8-,9-,10+,11+,12-,13-,14+,15+/m1/s1. The molecule has 2 saturated heterocycles. The Balaban J connectivity index is 2.07. The van der Waals surface area contributed by atoms with Crippen LogP contribution in [0.3, 0.4) is 0 Å². The molecule has 2 rings (SSSR count). The molecule has 0 saturated carbocycles. The lowest BCUT2D eigenvalue weighted by molar-refractivity contribution is -0.307. The number of hydrogen-bond donors (Lipinski definition) is 7. The van der Waals surface area contributed by atoms with E-state index in [4.69, 9.17) is 24.1 Å². The highest BCUT2D eigenvalue weighted by Crippen LogP contribution is 2.31. The second kappa shape index (κ2) is 10.9. The Kier molecular flexibility index (Phi) is 9.51. The first-order valence-corrected chi connectivity index (χ1v) is 9.83. The van der Waals surface area contributed by atoms with Crippen molar-refractivity contribution in [1.82, 2.24) is 0 Å². The summed E-state index contributed by atoms with van der Waals surface area (Å²) in [7, 11) is 0. The molecule has 7 N–H and O–H groups in total. The maximum atomic E-state index is 10.4. The highest BCUT2D eigenvalue weighted by atomic mass is 127. The molecule has 0 spiro atoms. The monoisotopic (exact) mass is 510 g/mol. The minimum Gasteiger partial charge on any atom is -0.394 e. The third-order valence-electron chi connectivity index (χ3n) is 4.68. The van der Waals surface area contributed by atoms with Crippen molar-refractivity contribution in [3.8, 4) is 0 Å². The SMILES string of the molecule is OCCO[C@H]1[C@@H](OC[C@H]2[C@H](O)[C@@H](O)[C@@H](O)O[C@@H]2CO)O[C@H](CO)[C@@H](I)[C@@H]1O. The molecule has 12 heteroatoms. The normalized spacial score (nSPS) is 45.8. The number of alkyl halides is 1. The van der Waals surface area contributed by atoms with Crippen LogP contribution in [0.15, 0.2) is 0 Å². The minimum absolute atomic E-state index is 0.0720. The van der Waals surface area contributed by atoms with Crippen molar-refractivity contribution in [3.63, 3.8) is 0 Å². The van der Waals surface area contributed by atoms with Crippen molar-refractivity contribution in [2.45, 2.75) is 53.1 Å². The summed E-state index contributed by atoms with van der Waals surface area (Å²) in [5.41, 5.74) is 0. The topological polar surface area (TPSA) is 179 Å². The quantitative estimate of drug-likeness (QED) is 0.126. The van der Waals surface area contributed by atoms with Gasteiger partial charge in [0.25, 0.3) is 0 Å². The summed E-state index contributed by atoms with van der Waals surface area (Å²) in [6, 6.07) is 0. The van der Waals surface area contributed by atoms with Crippen LogP contribution < -0.4 is 0 Å². The van der Waals surface area contributed by atoms with Crippen LogP contribution in [-0.4, -0.2) is 122 Å². The molecule has 0 aromatic heterocycles. The van der Waals surface area contributed by atoms with Crippen LogP contribution in [0.1, 0.15) is 0 Å². The Labute approximate surface area is 169 Å². The van der Waals surface area contributed by atoms with E-state index in [-0.39, 0.29) is 26.4 Å². The van der Waals surface area contributed by atoms with Crippen LogP contribution in [0.4, 0.5) is 0 Å². The summed E-state index contributed by atoms with van der Waals surface area (Å²) in [6.45, 7) is -1.50. The van der Waals surface area contributed by atoms with E-state index in [0.717, 1.165) is 0 Å². The predicted molar refractivity (Wildman–Crippen MR) is 95.8 cm³/mol. The molecule has 11 nitrogen and oxygen atoms in total. The summed E-state index contributed by atoms with van der Waals surface area (Å²) in [6.07, 6.45) is -9.52. The van der Waals surface area contributed by atoms with E-state index in [2.05, 4.69) is 0 Å². The molecule has 0 aliphatic carbocycles. The van der Waals surface area contributed by atoms with Gasteiger partial charge in [0, 0.05) is 5.92 Å². The zero-order valence-electron chi connectivity index (χ0n) is 14.5. The Morgan fingerprint density at radius 2 is 1.48 bits per heavy atom. The van der Waals surface area contributed by atoms with Crippen LogP contribution in [0, 0.1) is 5.92 Å². The predicted octanol–water partition coefficient (Wildman–Crippen LogP) is -3.69. The van der Waals surface area contributed by atoms with E-state index in [0.29, 0.717) is 0 Å². The summed E-state index contributed by atoms with van der Waals surface area (Å²) < 4.78 is 21.2. The van der Waals surface area contributed by atoms with Crippen LogP contribution in [0.5, 0.6) is 0 Å². The van der Waals surface area contributed by atoms with Crippen LogP contribution in [-0.2, 0) is 18.9 Å². The number of rotatable bonds is 8. The number of ether oxygens (including phenoxy) is 4. The highest BCUT2D eigenvalue weighted by Gasteiger charge is 2.47. The molecule has 0 aromatic rings. The Morgan fingerprint density at radius 1 is 0.815 bits per heavy atom. The smallest absolute Gasteiger partial charge is 0.186 e. The second-order valence-corrected chi connectivity index (χ2v) is 7.88. The van der Waals surface area contributed by atoms with Gasteiger partial charge in [-0.15, -0.1) is 0 Å². The fourth-order valence-electron chi connectivity index (χ4n) is 3.12. The summed E-state index contributed by atoms with van der Waals surface area (Å²) in [5, 5.41) is 67.7. The van der Waals surface area contributed by atoms with Crippen molar-refractivity contribution < 1.29 is 54.7 Å². The van der Waals surface area contributed by atoms with E-state index in [9.17, 15) is 30.6 Å². The maximum absolute atomic E-state index is 10.4. The molecular formula is C15H27IO11. The zero-order chi connectivity index (χ0) is 20.1. The van der Waals surface area contributed by atoms with Crippen molar-refractivity contribution in [2.75, 3.05) is 33.0 Å². The highest BCUT2D eigenvalue weighted by molar-refractivity contribution is 14.1. The van der Waals surface area contributed by atoms with Gasteiger partial charge in [0.05, 0.1) is 61.4 Å². The first-order chi connectivity index (χ1) is 12.8. The zero-order valence-corrected chi connectivity index (χ0v) is 16.6. The van der Waals surface area contributed by atoms with Crippen molar-refractivity contribution >= 4 is 22.6 Å². The first-order valence-electron chi connectivity index (χ1n) is 8.58. The van der Waals surface area contributed by atoms with Gasteiger partial charge in [-0.2, -0.15) is 0 Å². The number of aliphatic hydroxyl groups excluding tert-OH is 7. The van der Waals surface area contributed by atoms with Gasteiger partial charge in [0.1, 0.15) is 12.2 Å². The molecule has 2 aliphatic heterocycles. The minimum atomic E-state index is -1.64. The molecule has 0 bridgehead atoms. The average Bonchev–Trinajstić information content (AvgIpc) is 2.66. The number of aliphatic hydroxyl groups is 7. The Hall–Kier alpha value is 0.290. The van der Waals surface area contributed by atoms with Gasteiger partial charge in [-0.1, -0.05) is 22.6 Å². The van der Waals surface area contributed by atoms with Crippen LogP contribution in [0.25, 0.3) is 0 Å². The fourth-order valence-corrected chi connectivity index (χ4v) is 3.93. The Morgan fingerprint density at radius 3 is 2.07 bits per heavy atom. The van der Waals surface area contributed by atoms with E-state index >= 15 is 0 Å². The van der Waals surface area contributed by atoms with E-state index in [1.54, 1.807) is 0 Å². The molecule has 160 valence electrons. The molecule has 2 aliphatic rings. The molecule has 0 aromatic carbocycles. The molecule has 0 radical (unpaired) electrons. The van der Waals surface area contributed by atoms with Gasteiger partial charge in [-0.05, 0) is 0 Å². The molecule has 27 heavy (non-hydrogen) atoms. The fraction of sp³-hybridized carbons (Fsp3) is 1.00. The van der Waals surface area contributed by atoms with Gasteiger partial charge in [-0.25, -0.2) is 0 Å². The molecule has 2 fully saturated rings. The van der Waals surface area contributed by atoms with Gasteiger partial charge in [0.2, 0.25) is 0 Å². The van der Waals surface area contributed by atoms with E-state index < -0.39 is 65.7 Å². The van der Waals surface area contributed by atoms with Gasteiger partial charge < -0.3 is 54.7 Å². The molecule has 2 heterocycles.